The molecule has 4 nitrogen and oxygen atoms in total. The van der Waals surface area contributed by atoms with Crippen LogP contribution in [0.1, 0.15) is 26.5 Å². The highest BCUT2D eigenvalue weighted by molar-refractivity contribution is 5.84. The van der Waals surface area contributed by atoms with Gasteiger partial charge in [0.1, 0.15) is 6.54 Å². The minimum atomic E-state index is -0.631. The summed E-state index contributed by atoms with van der Waals surface area (Å²) in [5.41, 5.74) is 1.47. The van der Waals surface area contributed by atoms with Crippen molar-refractivity contribution in [3.05, 3.63) is 36.0 Å². The third-order valence-electron chi connectivity index (χ3n) is 3.83. The minimum absolute atomic E-state index is 0.0969. The molecule has 1 aromatic heterocycles. The number of aryl methyl sites for hydroxylation is 1. The summed E-state index contributed by atoms with van der Waals surface area (Å²) in [7, 11) is 0. The number of aromatic nitrogens is 1. The molecule has 0 fully saturated rings. The van der Waals surface area contributed by atoms with Crippen LogP contribution < -0.4 is 5.32 Å². The molecule has 0 aliphatic heterocycles. The maximum atomic E-state index is 12.2. The van der Waals surface area contributed by atoms with Crippen LogP contribution in [0.4, 0.5) is 0 Å². The summed E-state index contributed by atoms with van der Waals surface area (Å²) in [6.45, 7) is 7.56. The quantitative estimate of drug-likeness (QED) is 0.898. The summed E-state index contributed by atoms with van der Waals surface area (Å²) >= 11 is 0. The molecule has 1 atom stereocenters. The Balaban J connectivity index is 2.20. The van der Waals surface area contributed by atoms with Gasteiger partial charge in [0.15, 0.2) is 0 Å². The van der Waals surface area contributed by atoms with Crippen molar-refractivity contribution in [3.8, 4) is 0 Å². The molecular weight excluding hydrogens is 252 g/mol. The second kappa shape index (κ2) is 5.29. The molecule has 4 heteroatoms. The normalized spacial score (nSPS) is 13.4. The van der Waals surface area contributed by atoms with Crippen LogP contribution in [0, 0.1) is 6.92 Å². The number of aliphatic hydroxyl groups is 1. The summed E-state index contributed by atoms with van der Waals surface area (Å²) in [5.74, 6) is -0.0969. The smallest absolute Gasteiger partial charge is 0.240 e. The Labute approximate surface area is 119 Å². The van der Waals surface area contributed by atoms with Crippen LogP contribution in [0.3, 0.4) is 0 Å². The summed E-state index contributed by atoms with van der Waals surface area (Å²) in [4.78, 5) is 12.2. The lowest BCUT2D eigenvalue weighted by molar-refractivity contribution is -0.124. The van der Waals surface area contributed by atoms with Crippen molar-refractivity contribution in [1.82, 2.24) is 9.88 Å². The zero-order chi connectivity index (χ0) is 14.9. The number of aliphatic hydroxyl groups excluding tert-OH is 1. The van der Waals surface area contributed by atoms with E-state index in [1.54, 1.807) is 6.92 Å². The Morgan fingerprint density at radius 2 is 2.05 bits per heavy atom. The standard InChI is InChI=1S/C16H22N2O2/c1-11-9-13-7-5-6-8-14(13)18(11)10-15(20)17-16(3,4)12(2)19/h5-9,12,19H,10H2,1-4H3,(H,17,20). The molecule has 0 spiro atoms. The van der Waals surface area contributed by atoms with Gasteiger partial charge in [-0.25, -0.2) is 0 Å². The first-order valence-corrected chi connectivity index (χ1v) is 6.85. The highest BCUT2D eigenvalue weighted by atomic mass is 16.3. The van der Waals surface area contributed by atoms with Gasteiger partial charge in [-0.1, -0.05) is 18.2 Å². The van der Waals surface area contributed by atoms with Crippen molar-refractivity contribution in [2.24, 2.45) is 0 Å². The molecule has 1 aromatic carbocycles. The molecule has 0 aliphatic carbocycles. The largest absolute Gasteiger partial charge is 0.391 e. The van der Waals surface area contributed by atoms with Gasteiger partial charge >= 0.3 is 0 Å². The minimum Gasteiger partial charge on any atom is -0.391 e. The lowest BCUT2D eigenvalue weighted by Gasteiger charge is -2.29. The second-order valence-corrected chi connectivity index (χ2v) is 5.88. The van der Waals surface area contributed by atoms with Gasteiger partial charge in [-0.05, 0) is 45.2 Å². The third-order valence-corrected chi connectivity index (χ3v) is 3.83. The first-order valence-electron chi connectivity index (χ1n) is 6.85. The van der Waals surface area contributed by atoms with E-state index >= 15 is 0 Å². The first-order chi connectivity index (χ1) is 9.31. The van der Waals surface area contributed by atoms with Crippen molar-refractivity contribution >= 4 is 16.8 Å². The molecule has 1 heterocycles. The lowest BCUT2D eigenvalue weighted by Crippen LogP contribution is -2.51. The van der Waals surface area contributed by atoms with Crippen molar-refractivity contribution in [2.75, 3.05) is 0 Å². The molecule has 0 bridgehead atoms. The number of rotatable bonds is 4. The molecule has 2 N–H and O–H groups in total. The molecule has 2 rings (SSSR count). The van der Waals surface area contributed by atoms with Gasteiger partial charge in [0.25, 0.3) is 0 Å². The number of fused-ring (bicyclic) bond motifs is 1. The molecule has 108 valence electrons. The summed E-state index contributed by atoms with van der Waals surface area (Å²) in [6.07, 6.45) is -0.603. The fourth-order valence-electron chi connectivity index (χ4n) is 2.21. The van der Waals surface area contributed by atoms with Crippen LogP contribution in [0.15, 0.2) is 30.3 Å². The van der Waals surface area contributed by atoms with Gasteiger partial charge in [0.2, 0.25) is 5.91 Å². The van der Waals surface area contributed by atoms with Gasteiger partial charge in [-0.3, -0.25) is 4.79 Å². The number of hydrogen-bond acceptors (Lipinski definition) is 2. The van der Waals surface area contributed by atoms with Crippen LogP contribution in [0.5, 0.6) is 0 Å². The van der Waals surface area contributed by atoms with Crippen LogP contribution in [0.25, 0.3) is 10.9 Å². The SMILES string of the molecule is Cc1cc2ccccc2n1CC(=O)NC(C)(C)C(C)O. The fraction of sp³-hybridized carbons (Fsp3) is 0.438. The van der Waals surface area contributed by atoms with Gasteiger partial charge < -0.3 is 15.0 Å². The number of hydrogen-bond donors (Lipinski definition) is 2. The molecule has 0 saturated carbocycles. The van der Waals surface area contributed by atoms with E-state index in [1.165, 1.54) is 0 Å². The third kappa shape index (κ3) is 2.85. The number of carbonyl (C=O) groups excluding carboxylic acids is 1. The van der Waals surface area contributed by atoms with E-state index in [4.69, 9.17) is 0 Å². The van der Waals surface area contributed by atoms with E-state index in [0.29, 0.717) is 0 Å². The van der Waals surface area contributed by atoms with E-state index < -0.39 is 11.6 Å². The predicted octanol–water partition coefficient (Wildman–Crippen LogP) is 2.23. The molecule has 1 amide bonds. The zero-order valence-corrected chi connectivity index (χ0v) is 12.5. The number of para-hydroxylation sites is 1. The maximum Gasteiger partial charge on any atom is 0.240 e. The topological polar surface area (TPSA) is 54.3 Å². The highest BCUT2D eigenvalue weighted by Crippen LogP contribution is 2.19. The van der Waals surface area contributed by atoms with Crippen LogP contribution >= 0.6 is 0 Å². The number of benzene rings is 1. The molecule has 0 radical (unpaired) electrons. The molecule has 20 heavy (non-hydrogen) atoms. The average molecular weight is 274 g/mol. The van der Waals surface area contributed by atoms with Gasteiger partial charge in [0, 0.05) is 11.2 Å². The van der Waals surface area contributed by atoms with Gasteiger partial charge in [0.05, 0.1) is 11.6 Å². The zero-order valence-electron chi connectivity index (χ0n) is 12.5. The molecule has 2 aromatic rings. The van der Waals surface area contributed by atoms with E-state index in [0.717, 1.165) is 16.6 Å². The Morgan fingerprint density at radius 1 is 1.40 bits per heavy atom. The van der Waals surface area contributed by atoms with E-state index in [1.807, 2.05) is 49.6 Å². The van der Waals surface area contributed by atoms with Gasteiger partial charge in [-0.2, -0.15) is 0 Å². The predicted molar refractivity (Wildman–Crippen MR) is 80.6 cm³/mol. The lowest BCUT2D eigenvalue weighted by atomic mass is 9.99. The Hall–Kier alpha value is -1.81. The molecule has 1 unspecified atom stereocenters. The molecule has 0 aliphatic rings. The second-order valence-electron chi connectivity index (χ2n) is 5.88. The van der Waals surface area contributed by atoms with Crippen LogP contribution in [-0.2, 0) is 11.3 Å². The first kappa shape index (κ1) is 14.6. The van der Waals surface area contributed by atoms with Crippen molar-refractivity contribution in [3.63, 3.8) is 0 Å². The van der Waals surface area contributed by atoms with Crippen LogP contribution in [-0.4, -0.2) is 27.2 Å². The summed E-state index contributed by atoms with van der Waals surface area (Å²) in [5, 5.41) is 13.7. The van der Waals surface area contributed by atoms with Crippen molar-refractivity contribution < 1.29 is 9.90 Å². The number of carbonyl (C=O) groups is 1. The van der Waals surface area contributed by atoms with E-state index in [2.05, 4.69) is 11.4 Å². The number of nitrogens with zero attached hydrogens (tertiary/aromatic N) is 1. The highest BCUT2D eigenvalue weighted by Gasteiger charge is 2.26. The average Bonchev–Trinajstić information content (AvgIpc) is 2.65. The monoisotopic (exact) mass is 274 g/mol. The maximum absolute atomic E-state index is 12.2. The van der Waals surface area contributed by atoms with Crippen molar-refractivity contribution in [2.45, 2.75) is 45.9 Å². The summed E-state index contributed by atoms with van der Waals surface area (Å²) < 4.78 is 1.99. The van der Waals surface area contributed by atoms with Crippen LogP contribution in [0.2, 0.25) is 0 Å². The molecule has 0 saturated heterocycles. The number of amides is 1. The van der Waals surface area contributed by atoms with E-state index in [-0.39, 0.29) is 12.5 Å². The molecular formula is C16H22N2O2. The number of nitrogens with one attached hydrogen (secondary N) is 1. The van der Waals surface area contributed by atoms with Gasteiger partial charge in [-0.15, -0.1) is 0 Å². The Bertz CT molecular complexity index is 626. The van der Waals surface area contributed by atoms with E-state index in [9.17, 15) is 9.90 Å². The Morgan fingerprint density at radius 3 is 2.70 bits per heavy atom. The van der Waals surface area contributed by atoms with Crippen molar-refractivity contribution in [1.29, 1.82) is 0 Å². The Kier molecular flexibility index (Phi) is 3.86. The summed E-state index contributed by atoms with van der Waals surface area (Å²) in [6, 6.07) is 10.1. The fourth-order valence-corrected chi connectivity index (χ4v) is 2.21.